The number of nitrogens with one attached hydrogen (secondary N) is 1. The number of hydrogen-bond acceptors (Lipinski definition) is 1. The van der Waals surface area contributed by atoms with Gasteiger partial charge >= 0.3 is 0 Å². The molecule has 1 N–H and O–H groups in total. The summed E-state index contributed by atoms with van der Waals surface area (Å²) >= 11 is 0. The Bertz CT molecular complexity index is 195. The van der Waals surface area contributed by atoms with Gasteiger partial charge in [0, 0.05) is 12.6 Å². The van der Waals surface area contributed by atoms with Crippen molar-refractivity contribution in [2.75, 3.05) is 6.54 Å². The Kier molecular flexibility index (Phi) is 1.39. The van der Waals surface area contributed by atoms with E-state index in [4.69, 9.17) is 0 Å². The lowest BCUT2D eigenvalue weighted by Crippen LogP contribution is -2.33. The molecule has 3 unspecified atom stereocenters. The van der Waals surface area contributed by atoms with Gasteiger partial charge in [-0.3, -0.25) is 0 Å². The molecular weight excluding hydrogens is 146 g/mol. The molecule has 0 aliphatic heterocycles. The summed E-state index contributed by atoms with van der Waals surface area (Å²) in [6, 6.07) is 0.910. The fraction of sp³-hybridized carbons (Fsp3) is 1.00. The molecule has 3 aliphatic rings. The molecule has 0 spiro atoms. The highest BCUT2D eigenvalue weighted by Gasteiger charge is 2.48. The van der Waals surface area contributed by atoms with E-state index in [-0.39, 0.29) is 0 Å². The van der Waals surface area contributed by atoms with Gasteiger partial charge in [-0.15, -0.1) is 0 Å². The molecule has 0 bridgehead atoms. The minimum atomic E-state index is 0.701. The van der Waals surface area contributed by atoms with Crippen molar-refractivity contribution in [3.63, 3.8) is 0 Å². The third-order valence-electron chi connectivity index (χ3n) is 4.24. The van der Waals surface area contributed by atoms with Gasteiger partial charge in [0.1, 0.15) is 0 Å². The smallest absolute Gasteiger partial charge is 0.00984 e. The third-order valence-corrected chi connectivity index (χ3v) is 4.24. The van der Waals surface area contributed by atoms with E-state index in [0.717, 1.165) is 17.9 Å². The summed E-state index contributed by atoms with van der Waals surface area (Å²) in [6.45, 7) is 3.71. The molecule has 3 atom stereocenters. The first-order valence-corrected chi connectivity index (χ1v) is 5.50. The molecule has 0 saturated heterocycles. The second-order valence-electron chi connectivity index (χ2n) is 5.54. The van der Waals surface area contributed by atoms with Crippen LogP contribution in [0.25, 0.3) is 0 Å². The van der Waals surface area contributed by atoms with Crippen LogP contribution in [0.2, 0.25) is 0 Å². The normalized spacial score (nSPS) is 47.2. The first kappa shape index (κ1) is 7.37. The predicted octanol–water partition coefficient (Wildman–Crippen LogP) is 2.17. The van der Waals surface area contributed by atoms with Crippen molar-refractivity contribution in [1.82, 2.24) is 5.32 Å². The Labute approximate surface area is 74.9 Å². The monoisotopic (exact) mass is 165 g/mol. The van der Waals surface area contributed by atoms with E-state index in [9.17, 15) is 0 Å². The molecule has 0 radical (unpaired) electrons. The first-order valence-electron chi connectivity index (χ1n) is 5.50. The predicted molar refractivity (Wildman–Crippen MR) is 50.0 cm³/mol. The molecule has 3 saturated carbocycles. The lowest BCUT2D eigenvalue weighted by molar-refractivity contribution is 0.411. The molecule has 68 valence electrons. The second kappa shape index (κ2) is 2.25. The van der Waals surface area contributed by atoms with Crippen molar-refractivity contribution in [2.45, 2.75) is 45.1 Å². The quantitative estimate of drug-likeness (QED) is 0.676. The maximum absolute atomic E-state index is 3.78. The van der Waals surface area contributed by atoms with E-state index < -0.39 is 0 Å². The van der Waals surface area contributed by atoms with Crippen molar-refractivity contribution in [2.24, 2.45) is 17.3 Å². The molecule has 1 heteroatoms. The lowest BCUT2D eigenvalue weighted by Gasteiger charge is -2.17. The van der Waals surface area contributed by atoms with Crippen LogP contribution in [0, 0.1) is 17.3 Å². The summed E-state index contributed by atoms with van der Waals surface area (Å²) in [7, 11) is 0. The van der Waals surface area contributed by atoms with Gasteiger partial charge in [-0.25, -0.2) is 0 Å². The summed E-state index contributed by atoms with van der Waals surface area (Å²) in [5.74, 6) is 2.22. The lowest BCUT2D eigenvalue weighted by atomic mass is 10.1. The van der Waals surface area contributed by atoms with Gasteiger partial charge in [-0.2, -0.15) is 0 Å². The zero-order valence-electron chi connectivity index (χ0n) is 7.97. The Morgan fingerprint density at radius 2 is 2.17 bits per heavy atom. The SMILES string of the molecule is CC1(CNC2CCC3CC32)CC1. The van der Waals surface area contributed by atoms with Crippen LogP contribution in [0.4, 0.5) is 0 Å². The van der Waals surface area contributed by atoms with Crippen LogP contribution in [0.1, 0.15) is 39.0 Å². The minimum absolute atomic E-state index is 0.701. The van der Waals surface area contributed by atoms with E-state index in [0.29, 0.717) is 5.41 Å². The zero-order valence-corrected chi connectivity index (χ0v) is 7.97. The van der Waals surface area contributed by atoms with Gasteiger partial charge in [-0.05, 0) is 49.4 Å². The van der Waals surface area contributed by atoms with Crippen LogP contribution in [0.3, 0.4) is 0 Å². The van der Waals surface area contributed by atoms with Gasteiger partial charge in [-0.1, -0.05) is 6.92 Å². The summed E-state index contributed by atoms with van der Waals surface area (Å²) in [4.78, 5) is 0. The van der Waals surface area contributed by atoms with E-state index in [2.05, 4.69) is 12.2 Å². The average Bonchev–Trinajstić information content (AvgIpc) is 2.94. The Balaban J connectivity index is 1.49. The van der Waals surface area contributed by atoms with Crippen molar-refractivity contribution in [3.05, 3.63) is 0 Å². The Morgan fingerprint density at radius 3 is 2.67 bits per heavy atom. The standard InChI is InChI=1S/C11H19N/c1-11(4-5-11)7-12-10-3-2-8-6-9(8)10/h8-10,12H,2-7H2,1H3. The topological polar surface area (TPSA) is 12.0 Å². The molecule has 3 fully saturated rings. The largest absolute Gasteiger partial charge is 0.313 e. The minimum Gasteiger partial charge on any atom is -0.313 e. The summed E-state index contributed by atoms with van der Waals surface area (Å²) < 4.78 is 0. The van der Waals surface area contributed by atoms with E-state index in [1.807, 2.05) is 0 Å². The molecule has 0 aromatic rings. The summed E-state index contributed by atoms with van der Waals surface area (Å²) in [5, 5.41) is 3.78. The van der Waals surface area contributed by atoms with Crippen molar-refractivity contribution in [1.29, 1.82) is 0 Å². The van der Waals surface area contributed by atoms with Crippen LogP contribution >= 0.6 is 0 Å². The highest BCUT2D eigenvalue weighted by Crippen LogP contribution is 2.52. The van der Waals surface area contributed by atoms with Crippen LogP contribution in [-0.2, 0) is 0 Å². The maximum Gasteiger partial charge on any atom is 0.00984 e. The van der Waals surface area contributed by atoms with E-state index in [1.165, 1.54) is 38.6 Å². The summed E-state index contributed by atoms with van der Waals surface area (Å²) in [6.07, 6.45) is 7.43. The molecule has 3 aliphatic carbocycles. The van der Waals surface area contributed by atoms with Gasteiger partial charge in [0.25, 0.3) is 0 Å². The first-order chi connectivity index (χ1) is 5.77. The second-order valence-corrected chi connectivity index (χ2v) is 5.54. The Morgan fingerprint density at radius 1 is 1.33 bits per heavy atom. The highest BCUT2D eigenvalue weighted by molar-refractivity contribution is 5.02. The molecule has 1 nitrogen and oxygen atoms in total. The van der Waals surface area contributed by atoms with Crippen LogP contribution in [-0.4, -0.2) is 12.6 Å². The molecule has 0 amide bonds. The van der Waals surface area contributed by atoms with Gasteiger partial charge in [0.05, 0.1) is 0 Å². The molecule has 3 rings (SSSR count). The fourth-order valence-electron chi connectivity index (χ4n) is 2.72. The average molecular weight is 165 g/mol. The van der Waals surface area contributed by atoms with Gasteiger partial charge in [0.2, 0.25) is 0 Å². The van der Waals surface area contributed by atoms with Gasteiger partial charge in [0.15, 0.2) is 0 Å². The third kappa shape index (κ3) is 1.19. The van der Waals surface area contributed by atoms with Crippen LogP contribution < -0.4 is 5.32 Å². The zero-order chi connectivity index (χ0) is 8.18. The van der Waals surface area contributed by atoms with Crippen molar-refractivity contribution < 1.29 is 0 Å². The number of hydrogen-bond donors (Lipinski definition) is 1. The maximum atomic E-state index is 3.78. The van der Waals surface area contributed by atoms with Crippen molar-refractivity contribution in [3.8, 4) is 0 Å². The highest BCUT2D eigenvalue weighted by atomic mass is 15.0. The van der Waals surface area contributed by atoms with E-state index >= 15 is 0 Å². The van der Waals surface area contributed by atoms with Crippen molar-refractivity contribution >= 4 is 0 Å². The van der Waals surface area contributed by atoms with E-state index in [1.54, 1.807) is 0 Å². The molecule has 0 aromatic heterocycles. The number of fused-ring (bicyclic) bond motifs is 1. The number of rotatable bonds is 3. The van der Waals surface area contributed by atoms with Crippen LogP contribution in [0.15, 0.2) is 0 Å². The fourth-order valence-corrected chi connectivity index (χ4v) is 2.72. The summed E-state index contributed by atoms with van der Waals surface area (Å²) in [5.41, 5.74) is 0.701. The molecule has 0 aromatic carbocycles. The Hall–Kier alpha value is -0.0400. The molecule has 0 heterocycles. The van der Waals surface area contributed by atoms with Crippen LogP contribution in [0.5, 0.6) is 0 Å². The molecule has 12 heavy (non-hydrogen) atoms. The van der Waals surface area contributed by atoms with Gasteiger partial charge < -0.3 is 5.32 Å². The molecular formula is C11H19N.